The fourth-order valence-electron chi connectivity index (χ4n) is 4.42. The maximum absolute atomic E-state index is 13.7. The van der Waals surface area contributed by atoms with Crippen LogP contribution < -0.4 is 21.7 Å². The summed E-state index contributed by atoms with van der Waals surface area (Å²) in [6.07, 6.45) is 2.28. The molecule has 0 spiro atoms. The van der Waals surface area contributed by atoms with E-state index in [1.54, 1.807) is 26.8 Å². The third-order valence-corrected chi connectivity index (χ3v) is 6.31. The van der Waals surface area contributed by atoms with Crippen molar-refractivity contribution in [2.75, 3.05) is 13.7 Å². The number of nitrogens with one attached hydrogen (secondary N) is 3. The number of amides is 5. The Morgan fingerprint density at radius 3 is 2.22 bits per heavy atom. The lowest BCUT2D eigenvalue weighted by Crippen LogP contribution is -2.57. The number of primary amides is 1. The van der Waals surface area contributed by atoms with E-state index in [0.29, 0.717) is 25.7 Å². The van der Waals surface area contributed by atoms with Crippen molar-refractivity contribution in [2.24, 2.45) is 11.7 Å². The minimum absolute atomic E-state index is 0.0948. The normalized spacial score (nSPS) is 17.1. The molecule has 0 saturated carbocycles. The van der Waals surface area contributed by atoms with Crippen molar-refractivity contribution < 1.29 is 38.2 Å². The molecule has 0 aromatic rings. The first-order chi connectivity index (χ1) is 19.1. The zero-order valence-corrected chi connectivity index (χ0v) is 25.1. The van der Waals surface area contributed by atoms with Crippen molar-refractivity contribution >= 4 is 35.7 Å². The number of hydrogen-bond donors (Lipinski definition) is 4. The summed E-state index contributed by atoms with van der Waals surface area (Å²) in [5.74, 6) is -2.91. The minimum Gasteiger partial charge on any atom is -0.467 e. The van der Waals surface area contributed by atoms with Gasteiger partial charge in [-0.2, -0.15) is 0 Å². The van der Waals surface area contributed by atoms with Crippen LogP contribution in [0.1, 0.15) is 79.6 Å². The summed E-state index contributed by atoms with van der Waals surface area (Å²) in [5, 5.41) is 7.85. The van der Waals surface area contributed by atoms with Crippen molar-refractivity contribution in [1.82, 2.24) is 20.9 Å². The number of likely N-dealkylation sites (tertiary alicyclic amines) is 1. The summed E-state index contributed by atoms with van der Waals surface area (Å²) in [7, 11) is 1.24. The van der Waals surface area contributed by atoms with Crippen molar-refractivity contribution in [1.29, 1.82) is 0 Å². The molecule has 1 rings (SSSR count). The molecule has 232 valence electrons. The molecule has 5 amide bonds. The summed E-state index contributed by atoms with van der Waals surface area (Å²) in [5.41, 5.74) is 4.52. The van der Waals surface area contributed by atoms with Gasteiger partial charge in [-0.3, -0.25) is 19.2 Å². The van der Waals surface area contributed by atoms with Gasteiger partial charge in [-0.15, -0.1) is 6.58 Å². The second kappa shape index (κ2) is 16.6. The Labute approximate surface area is 242 Å². The average molecular weight is 582 g/mol. The van der Waals surface area contributed by atoms with E-state index >= 15 is 0 Å². The van der Waals surface area contributed by atoms with E-state index in [1.165, 1.54) is 12.0 Å². The molecule has 41 heavy (non-hydrogen) atoms. The lowest BCUT2D eigenvalue weighted by atomic mass is 10.0. The van der Waals surface area contributed by atoms with Gasteiger partial charge in [-0.25, -0.2) is 9.59 Å². The van der Waals surface area contributed by atoms with E-state index in [9.17, 15) is 28.8 Å². The molecule has 1 aliphatic heterocycles. The molecule has 1 heterocycles. The third kappa shape index (κ3) is 12.6. The van der Waals surface area contributed by atoms with Gasteiger partial charge in [0.2, 0.25) is 23.6 Å². The van der Waals surface area contributed by atoms with Crippen LogP contribution in [0.3, 0.4) is 0 Å². The molecule has 0 radical (unpaired) electrons. The molecule has 5 N–H and O–H groups in total. The van der Waals surface area contributed by atoms with Crippen LogP contribution in [0.25, 0.3) is 0 Å². The van der Waals surface area contributed by atoms with Crippen LogP contribution in [0.2, 0.25) is 0 Å². The highest BCUT2D eigenvalue weighted by Crippen LogP contribution is 2.21. The number of ether oxygens (including phenoxy) is 2. The molecule has 1 saturated heterocycles. The molecular formula is C28H47N5O8. The van der Waals surface area contributed by atoms with Crippen molar-refractivity contribution in [3.63, 3.8) is 0 Å². The molecular weight excluding hydrogens is 534 g/mol. The van der Waals surface area contributed by atoms with Gasteiger partial charge in [0.1, 0.15) is 29.8 Å². The number of allylic oxidation sites excluding steroid dienone is 1. The number of esters is 1. The molecule has 4 atom stereocenters. The third-order valence-electron chi connectivity index (χ3n) is 6.31. The number of carbonyl (C=O) groups excluding carboxylic acids is 6. The molecule has 1 fully saturated rings. The Hall–Kier alpha value is -3.64. The smallest absolute Gasteiger partial charge is 0.408 e. The predicted molar refractivity (Wildman–Crippen MR) is 151 cm³/mol. The highest BCUT2D eigenvalue weighted by Gasteiger charge is 2.39. The Bertz CT molecular complexity index is 962. The zero-order valence-electron chi connectivity index (χ0n) is 25.1. The topological polar surface area (TPSA) is 186 Å². The van der Waals surface area contributed by atoms with Crippen molar-refractivity contribution in [3.05, 3.63) is 12.7 Å². The van der Waals surface area contributed by atoms with Crippen LogP contribution in [0.4, 0.5) is 4.79 Å². The second-order valence-corrected chi connectivity index (χ2v) is 11.5. The molecule has 0 unspecified atom stereocenters. The number of nitrogens with two attached hydrogens (primary N) is 1. The zero-order chi connectivity index (χ0) is 31.3. The lowest BCUT2D eigenvalue weighted by molar-refractivity contribution is -0.147. The first-order valence-electron chi connectivity index (χ1n) is 14.0. The summed E-state index contributed by atoms with van der Waals surface area (Å²) in [6, 6.07) is -4.01. The summed E-state index contributed by atoms with van der Waals surface area (Å²) >= 11 is 0. The molecule has 0 aliphatic carbocycles. The first kappa shape index (κ1) is 35.4. The number of carbonyl (C=O) groups is 6. The average Bonchev–Trinajstić information content (AvgIpc) is 3.36. The predicted octanol–water partition coefficient (Wildman–Crippen LogP) is 1.29. The van der Waals surface area contributed by atoms with Gasteiger partial charge in [0.05, 0.1) is 7.11 Å². The highest BCUT2D eigenvalue weighted by atomic mass is 16.6. The number of alkyl carbamates (subject to hydrolysis) is 1. The van der Waals surface area contributed by atoms with E-state index in [4.69, 9.17) is 15.2 Å². The standard InChI is InChI=1S/C28H47N5O8/c1-8-9-11-18(32-27(39)41-28(4,5)6)23(35)30-19(13-14-22(29)34)25(37)33-15-10-12-21(33)24(36)31-20(16-17(2)3)26(38)40-7/h8,17-21H,1,9-16H2,2-7H3,(H2,29,34)(H,30,35)(H,31,36)(H,32,39)/t18-,19-,20-,21-/m0/s1. The minimum atomic E-state index is -1.19. The molecule has 1 aliphatic rings. The fraction of sp³-hybridized carbons (Fsp3) is 0.714. The van der Waals surface area contributed by atoms with Crippen LogP contribution in [-0.4, -0.2) is 84.0 Å². The van der Waals surface area contributed by atoms with E-state index in [0.717, 1.165) is 0 Å². The quantitative estimate of drug-likeness (QED) is 0.164. The number of hydrogen-bond acceptors (Lipinski definition) is 8. The van der Waals surface area contributed by atoms with Crippen LogP contribution in [0.15, 0.2) is 12.7 Å². The molecule has 0 bridgehead atoms. The second-order valence-electron chi connectivity index (χ2n) is 11.5. The Balaban J connectivity index is 3.13. The maximum Gasteiger partial charge on any atom is 0.408 e. The fourth-order valence-corrected chi connectivity index (χ4v) is 4.42. The molecule has 0 aromatic heterocycles. The van der Waals surface area contributed by atoms with Gasteiger partial charge in [0.25, 0.3) is 0 Å². The van der Waals surface area contributed by atoms with Crippen molar-refractivity contribution in [2.45, 2.75) is 109 Å². The van der Waals surface area contributed by atoms with Gasteiger partial charge in [0.15, 0.2) is 0 Å². The number of rotatable bonds is 15. The Kier molecular flexibility index (Phi) is 14.3. The Morgan fingerprint density at radius 2 is 1.68 bits per heavy atom. The van der Waals surface area contributed by atoms with E-state index in [2.05, 4.69) is 22.5 Å². The van der Waals surface area contributed by atoms with E-state index in [-0.39, 0.29) is 31.7 Å². The monoisotopic (exact) mass is 581 g/mol. The summed E-state index contributed by atoms with van der Waals surface area (Å²) in [6.45, 7) is 12.7. The van der Waals surface area contributed by atoms with Gasteiger partial charge < -0.3 is 36.1 Å². The molecule has 13 nitrogen and oxygen atoms in total. The summed E-state index contributed by atoms with van der Waals surface area (Å²) < 4.78 is 10.1. The summed E-state index contributed by atoms with van der Waals surface area (Å²) in [4.78, 5) is 77.6. The van der Waals surface area contributed by atoms with Crippen LogP contribution in [0, 0.1) is 5.92 Å². The van der Waals surface area contributed by atoms with Crippen molar-refractivity contribution in [3.8, 4) is 0 Å². The van der Waals surface area contributed by atoms with Gasteiger partial charge >= 0.3 is 12.1 Å². The maximum atomic E-state index is 13.7. The lowest BCUT2D eigenvalue weighted by Gasteiger charge is -2.30. The first-order valence-corrected chi connectivity index (χ1v) is 14.0. The largest absolute Gasteiger partial charge is 0.467 e. The van der Waals surface area contributed by atoms with Gasteiger partial charge in [-0.1, -0.05) is 19.9 Å². The van der Waals surface area contributed by atoms with Gasteiger partial charge in [0, 0.05) is 13.0 Å². The number of methoxy groups -OCH3 is 1. The Morgan fingerprint density at radius 1 is 1.02 bits per heavy atom. The van der Waals surface area contributed by atoms with Crippen LogP contribution >= 0.6 is 0 Å². The SMILES string of the molecule is C=CCC[C@H](NC(=O)OC(C)(C)C)C(=O)N[C@@H](CCC(N)=O)C(=O)N1CCC[C@H]1C(=O)N[C@@H](CC(C)C)C(=O)OC. The van der Waals surface area contributed by atoms with Gasteiger partial charge in [-0.05, 0) is 65.2 Å². The number of nitrogens with zero attached hydrogens (tertiary/aromatic N) is 1. The molecule has 13 heteroatoms. The van der Waals surface area contributed by atoms with E-state index < -0.39 is 65.5 Å². The molecule has 0 aromatic carbocycles. The van der Waals surface area contributed by atoms with Crippen LogP contribution in [0.5, 0.6) is 0 Å². The highest BCUT2D eigenvalue weighted by molar-refractivity contribution is 5.95. The van der Waals surface area contributed by atoms with Crippen LogP contribution in [-0.2, 0) is 33.4 Å². The van der Waals surface area contributed by atoms with E-state index in [1.807, 2.05) is 13.8 Å².